The largest absolute Gasteiger partial charge is 0.438 e. The van der Waals surface area contributed by atoms with Crippen molar-refractivity contribution in [2.45, 2.75) is 18.7 Å². The van der Waals surface area contributed by atoms with Crippen molar-refractivity contribution in [1.82, 2.24) is 9.38 Å². The lowest BCUT2D eigenvalue weighted by Crippen LogP contribution is -2.19. The van der Waals surface area contributed by atoms with Crippen LogP contribution in [0, 0.1) is 25.2 Å². The Hall–Kier alpha value is -4.22. The van der Waals surface area contributed by atoms with E-state index in [9.17, 15) is 18.5 Å². The van der Waals surface area contributed by atoms with Gasteiger partial charge in [0.15, 0.2) is 0 Å². The average Bonchev–Trinajstić information content (AvgIpc) is 2.79. The van der Waals surface area contributed by atoms with Gasteiger partial charge in [0.25, 0.3) is 5.56 Å². The SMILES string of the molecule is Cc1cc(C)cc(Oc2nc3ccccn3c(=O)c2/C=C(/C#N)S(=O)(=O)c2ccccc2)c1. The zero-order valence-corrected chi connectivity index (χ0v) is 18.7. The second-order valence-electron chi connectivity index (χ2n) is 7.43. The number of rotatable bonds is 5. The Labute approximate surface area is 190 Å². The standard InChI is InChI=1S/C25H19N3O4S/c1-17-12-18(2)14-19(13-17)32-24-22(25(29)28-11-7-6-10-23(28)27-24)15-21(16-26)33(30,31)20-8-4-3-5-9-20/h3-15H,1-2H3/b21-15-. The maximum Gasteiger partial charge on any atom is 0.269 e. The fraction of sp³-hybridized carbons (Fsp3) is 0.0800. The third kappa shape index (κ3) is 4.40. The Morgan fingerprint density at radius 3 is 2.36 bits per heavy atom. The first-order valence-corrected chi connectivity index (χ1v) is 11.5. The second kappa shape index (κ2) is 8.73. The quantitative estimate of drug-likeness (QED) is 0.411. The van der Waals surface area contributed by atoms with E-state index in [2.05, 4.69) is 4.98 Å². The topological polar surface area (TPSA) is 102 Å². The van der Waals surface area contributed by atoms with Crippen LogP contribution in [0.2, 0.25) is 0 Å². The molecule has 8 heteroatoms. The Kier molecular flexibility index (Phi) is 5.82. The van der Waals surface area contributed by atoms with Gasteiger partial charge < -0.3 is 4.74 Å². The van der Waals surface area contributed by atoms with Gasteiger partial charge >= 0.3 is 0 Å². The Morgan fingerprint density at radius 2 is 1.70 bits per heavy atom. The minimum absolute atomic E-state index is 0.0524. The molecule has 7 nitrogen and oxygen atoms in total. The van der Waals surface area contributed by atoms with E-state index in [1.54, 1.807) is 54.6 Å². The zero-order valence-electron chi connectivity index (χ0n) is 17.9. The summed E-state index contributed by atoms with van der Waals surface area (Å²) in [5.41, 5.74) is 1.52. The van der Waals surface area contributed by atoms with Gasteiger partial charge in [0.1, 0.15) is 27.9 Å². The van der Waals surface area contributed by atoms with E-state index in [1.807, 2.05) is 19.9 Å². The fourth-order valence-electron chi connectivity index (χ4n) is 3.41. The summed E-state index contributed by atoms with van der Waals surface area (Å²) in [4.78, 5) is 17.1. The van der Waals surface area contributed by atoms with Gasteiger partial charge in [0.2, 0.25) is 15.7 Å². The summed E-state index contributed by atoms with van der Waals surface area (Å²) in [6.07, 6.45) is 2.54. The third-order valence-corrected chi connectivity index (χ3v) is 6.55. The summed E-state index contributed by atoms with van der Waals surface area (Å²) in [5.74, 6) is 0.353. The maximum absolute atomic E-state index is 13.3. The van der Waals surface area contributed by atoms with Gasteiger partial charge in [-0.1, -0.05) is 30.3 Å². The number of fused-ring (bicyclic) bond motifs is 1. The molecule has 0 aliphatic heterocycles. The molecule has 0 fully saturated rings. The van der Waals surface area contributed by atoms with Gasteiger partial charge in [-0.05, 0) is 67.4 Å². The second-order valence-corrected chi connectivity index (χ2v) is 9.35. The van der Waals surface area contributed by atoms with Crippen molar-refractivity contribution in [1.29, 1.82) is 5.26 Å². The molecule has 0 radical (unpaired) electrons. The Morgan fingerprint density at radius 1 is 1.03 bits per heavy atom. The van der Waals surface area contributed by atoms with Gasteiger partial charge in [0, 0.05) is 6.20 Å². The smallest absolute Gasteiger partial charge is 0.269 e. The molecule has 0 amide bonds. The highest BCUT2D eigenvalue weighted by Gasteiger charge is 2.23. The van der Waals surface area contributed by atoms with E-state index in [0.29, 0.717) is 11.4 Å². The molecule has 0 aliphatic carbocycles. The highest BCUT2D eigenvalue weighted by atomic mass is 32.2. The van der Waals surface area contributed by atoms with Crippen LogP contribution in [0.3, 0.4) is 0 Å². The number of nitriles is 1. The van der Waals surface area contributed by atoms with Crippen LogP contribution in [0.15, 0.2) is 87.5 Å². The monoisotopic (exact) mass is 457 g/mol. The molecule has 4 rings (SSSR count). The summed E-state index contributed by atoms with van der Waals surface area (Å²) in [6, 6.07) is 19.8. The number of benzene rings is 2. The number of aromatic nitrogens is 2. The van der Waals surface area contributed by atoms with Crippen LogP contribution >= 0.6 is 0 Å². The van der Waals surface area contributed by atoms with Crippen molar-refractivity contribution in [3.63, 3.8) is 0 Å². The van der Waals surface area contributed by atoms with Crippen LogP contribution in [0.25, 0.3) is 11.7 Å². The summed E-state index contributed by atoms with van der Waals surface area (Å²) in [6.45, 7) is 3.81. The minimum atomic E-state index is -4.15. The number of hydrogen-bond acceptors (Lipinski definition) is 6. The van der Waals surface area contributed by atoms with Crippen LogP contribution in [-0.2, 0) is 9.84 Å². The molecule has 0 unspecified atom stereocenters. The number of aryl methyl sites for hydroxylation is 2. The highest BCUT2D eigenvalue weighted by molar-refractivity contribution is 7.95. The number of hydrogen-bond donors (Lipinski definition) is 0. The van der Waals surface area contributed by atoms with Gasteiger partial charge in [-0.3, -0.25) is 9.20 Å². The van der Waals surface area contributed by atoms with Gasteiger partial charge in [-0.25, -0.2) is 8.42 Å². The molecule has 164 valence electrons. The summed E-state index contributed by atoms with van der Waals surface area (Å²) < 4.78 is 33.3. The van der Waals surface area contributed by atoms with Gasteiger partial charge in [-0.15, -0.1) is 0 Å². The first-order chi connectivity index (χ1) is 15.8. The van der Waals surface area contributed by atoms with Crippen LogP contribution in [-0.4, -0.2) is 17.8 Å². The van der Waals surface area contributed by atoms with E-state index in [1.165, 1.54) is 22.7 Å². The molecular weight excluding hydrogens is 438 g/mol. The van der Waals surface area contributed by atoms with Gasteiger partial charge in [0.05, 0.1) is 4.90 Å². The van der Waals surface area contributed by atoms with E-state index in [4.69, 9.17) is 4.74 Å². The fourth-order valence-corrected chi connectivity index (χ4v) is 4.58. The van der Waals surface area contributed by atoms with Crippen LogP contribution in [0.5, 0.6) is 11.6 Å². The molecule has 0 N–H and O–H groups in total. The number of nitrogens with zero attached hydrogens (tertiary/aromatic N) is 3. The van der Waals surface area contributed by atoms with E-state index in [-0.39, 0.29) is 16.3 Å². The van der Waals surface area contributed by atoms with E-state index < -0.39 is 20.3 Å². The molecule has 2 heterocycles. The van der Waals surface area contributed by atoms with Crippen molar-refractivity contribution in [2.24, 2.45) is 0 Å². The summed E-state index contributed by atoms with van der Waals surface area (Å²) in [7, 11) is -4.15. The van der Waals surface area contributed by atoms with Crippen molar-refractivity contribution in [2.75, 3.05) is 0 Å². The molecule has 0 bridgehead atoms. The molecule has 2 aromatic heterocycles. The molecule has 0 saturated carbocycles. The van der Waals surface area contributed by atoms with E-state index in [0.717, 1.165) is 17.2 Å². The first kappa shape index (κ1) is 22.0. The Bertz CT molecular complexity index is 1580. The number of allylic oxidation sites excluding steroid dienone is 1. The molecule has 0 atom stereocenters. The van der Waals surface area contributed by atoms with Crippen molar-refractivity contribution in [3.8, 4) is 17.7 Å². The van der Waals surface area contributed by atoms with Gasteiger partial charge in [-0.2, -0.15) is 10.2 Å². The van der Waals surface area contributed by atoms with Crippen LogP contribution in [0.1, 0.15) is 16.7 Å². The maximum atomic E-state index is 13.3. The molecule has 33 heavy (non-hydrogen) atoms. The predicted molar refractivity (Wildman–Crippen MR) is 125 cm³/mol. The molecular formula is C25H19N3O4S. The molecule has 2 aromatic carbocycles. The molecule has 0 spiro atoms. The van der Waals surface area contributed by atoms with Crippen molar-refractivity contribution in [3.05, 3.63) is 105 Å². The number of pyridine rings is 1. The molecule has 0 saturated heterocycles. The summed E-state index contributed by atoms with van der Waals surface area (Å²) in [5, 5.41) is 9.67. The minimum Gasteiger partial charge on any atom is -0.438 e. The van der Waals surface area contributed by atoms with Crippen LogP contribution < -0.4 is 10.3 Å². The van der Waals surface area contributed by atoms with Crippen molar-refractivity contribution < 1.29 is 13.2 Å². The first-order valence-electron chi connectivity index (χ1n) is 9.99. The van der Waals surface area contributed by atoms with E-state index >= 15 is 0 Å². The number of sulfone groups is 1. The lowest BCUT2D eigenvalue weighted by molar-refractivity contribution is 0.460. The third-order valence-electron chi connectivity index (χ3n) is 4.87. The van der Waals surface area contributed by atoms with Crippen LogP contribution in [0.4, 0.5) is 0 Å². The lowest BCUT2D eigenvalue weighted by atomic mass is 10.1. The zero-order chi connectivity index (χ0) is 23.6. The van der Waals surface area contributed by atoms with Crippen molar-refractivity contribution >= 4 is 21.6 Å². The lowest BCUT2D eigenvalue weighted by Gasteiger charge is -2.11. The summed E-state index contributed by atoms with van der Waals surface area (Å²) >= 11 is 0. The number of ether oxygens (including phenoxy) is 1. The average molecular weight is 458 g/mol. The Balaban J connectivity index is 1.95. The normalized spacial score (nSPS) is 11.8. The molecule has 4 aromatic rings. The predicted octanol–water partition coefficient (Wildman–Crippen LogP) is 4.44. The highest BCUT2D eigenvalue weighted by Crippen LogP contribution is 2.28. The molecule has 0 aliphatic rings.